The van der Waals surface area contributed by atoms with Gasteiger partial charge in [-0.15, -0.1) is 0 Å². The van der Waals surface area contributed by atoms with E-state index < -0.39 is 10.0 Å². The zero-order valence-corrected chi connectivity index (χ0v) is 13.7. The van der Waals surface area contributed by atoms with Crippen molar-refractivity contribution < 1.29 is 13.5 Å². The Morgan fingerprint density at radius 2 is 1.90 bits per heavy atom. The summed E-state index contributed by atoms with van der Waals surface area (Å²) >= 11 is 6.02. The van der Waals surface area contributed by atoms with Gasteiger partial charge >= 0.3 is 0 Å². The fraction of sp³-hybridized carbons (Fsp3) is 0.571. The van der Waals surface area contributed by atoms with E-state index in [1.165, 1.54) is 4.31 Å². The molecule has 0 aliphatic heterocycles. The number of hydrogen-bond acceptors (Lipinski definition) is 3. The summed E-state index contributed by atoms with van der Waals surface area (Å²) in [7, 11) is -3.65. The van der Waals surface area contributed by atoms with Crippen LogP contribution in [0.3, 0.4) is 0 Å². The highest BCUT2D eigenvalue weighted by molar-refractivity contribution is 7.89. The van der Waals surface area contributed by atoms with Crippen LogP contribution < -0.4 is 0 Å². The third-order valence-corrected chi connectivity index (χ3v) is 5.98. The maximum atomic E-state index is 12.8. The molecular formula is C14H22ClNO3S. The van der Waals surface area contributed by atoms with Gasteiger partial charge in [-0.25, -0.2) is 8.42 Å². The molecule has 1 aromatic carbocycles. The molecule has 0 saturated heterocycles. The fourth-order valence-electron chi connectivity index (χ4n) is 2.29. The van der Waals surface area contributed by atoms with Gasteiger partial charge in [0.2, 0.25) is 10.0 Å². The highest BCUT2D eigenvalue weighted by Gasteiger charge is 2.30. The number of aliphatic hydroxyl groups is 1. The number of halogens is 1. The first-order valence-electron chi connectivity index (χ1n) is 6.77. The largest absolute Gasteiger partial charge is 0.395 e. The fourth-order valence-corrected chi connectivity index (χ4v) is 4.53. The second kappa shape index (κ2) is 7.41. The Morgan fingerprint density at radius 1 is 1.30 bits per heavy atom. The molecule has 1 rings (SSSR count). The van der Waals surface area contributed by atoms with Gasteiger partial charge in [0.15, 0.2) is 0 Å². The minimum atomic E-state index is -3.65. The molecule has 6 heteroatoms. The van der Waals surface area contributed by atoms with E-state index in [2.05, 4.69) is 0 Å². The molecule has 0 radical (unpaired) electrons. The van der Waals surface area contributed by atoms with Gasteiger partial charge in [-0.1, -0.05) is 31.5 Å². The van der Waals surface area contributed by atoms with Crippen LogP contribution in [0.5, 0.6) is 0 Å². The van der Waals surface area contributed by atoms with E-state index in [0.29, 0.717) is 23.4 Å². The van der Waals surface area contributed by atoms with Crippen LogP contribution in [-0.4, -0.2) is 37.0 Å². The topological polar surface area (TPSA) is 57.6 Å². The van der Waals surface area contributed by atoms with Gasteiger partial charge < -0.3 is 5.11 Å². The summed E-state index contributed by atoms with van der Waals surface area (Å²) in [6.45, 7) is 5.48. The van der Waals surface area contributed by atoms with Crippen molar-refractivity contribution >= 4 is 21.6 Å². The molecule has 0 atom stereocenters. The van der Waals surface area contributed by atoms with Crippen LogP contribution in [0.1, 0.15) is 32.3 Å². The SMILES string of the molecule is CCC(CC)N(CCO)S(=O)(=O)c1cccc(Cl)c1C. The van der Waals surface area contributed by atoms with Gasteiger partial charge in [-0.2, -0.15) is 4.31 Å². The van der Waals surface area contributed by atoms with E-state index in [1.807, 2.05) is 13.8 Å². The first kappa shape index (κ1) is 17.4. The van der Waals surface area contributed by atoms with E-state index in [0.717, 1.165) is 0 Å². The second-order valence-corrected chi connectivity index (χ2v) is 6.94. The summed E-state index contributed by atoms with van der Waals surface area (Å²) in [4.78, 5) is 0.213. The van der Waals surface area contributed by atoms with Crippen molar-refractivity contribution in [1.29, 1.82) is 0 Å². The van der Waals surface area contributed by atoms with Crippen LogP contribution in [0.15, 0.2) is 23.1 Å². The maximum Gasteiger partial charge on any atom is 0.243 e. The maximum absolute atomic E-state index is 12.8. The number of nitrogens with zero attached hydrogens (tertiary/aromatic N) is 1. The number of rotatable bonds is 7. The standard InChI is InChI=1S/C14H22ClNO3S/c1-4-12(5-2)16(9-10-17)20(18,19)14-8-6-7-13(15)11(14)3/h6-8,12,17H,4-5,9-10H2,1-3H3. The summed E-state index contributed by atoms with van der Waals surface area (Å²) in [5.74, 6) is 0. The van der Waals surface area contributed by atoms with Crippen LogP contribution in [0.2, 0.25) is 5.02 Å². The highest BCUT2D eigenvalue weighted by atomic mass is 35.5. The van der Waals surface area contributed by atoms with E-state index in [9.17, 15) is 13.5 Å². The van der Waals surface area contributed by atoms with Crippen LogP contribution in [0.4, 0.5) is 0 Å². The van der Waals surface area contributed by atoms with E-state index in [4.69, 9.17) is 11.6 Å². The first-order chi connectivity index (χ1) is 9.39. The van der Waals surface area contributed by atoms with Crippen molar-refractivity contribution in [2.45, 2.75) is 44.6 Å². The van der Waals surface area contributed by atoms with Gasteiger partial charge in [0.1, 0.15) is 0 Å². The molecule has 0 unspecified atom stereocenters. The average molecular weight is 320 g/mol. The third-order valence-electron chi connectivity index (χ3n) is 3.47. The van der Waals surface area contributed by atoms with Crippen molar-refractivity contribution in [2.75, 3.05) is 13.2 Å². The van der Waals surface area contributed by atoms with Gasteiger partial charge in [0, 0.05) is 17.6 Å². The van der Waals surface area contributed by atoms with Crippen molar-refractivity contribution in [1.82, 2.24) is 4.31 Å². The number of hydrogen-bond donors (Lipinski definition) is 1. The molecule has 20 heavy (non-hydrogen) atoms. The average Bonchev–Trinajstić information content (AvgIpc) is 2.42. The second-order valence-electron chi connectivity index (χ2n) is 4.67. The molecule has 1 aromatic rings. The number of benzene rings is 1. The summed E-state index contributed by atoms with van der Waals surface area (Å²) in [6, 6.07) is 4.74. The van der Waals surface area contributed by atoms with Gasteiger partial charge in [-0.05, 0) is 37.5 Å². The van der Waals surface area contributed by atoms with Crippen LogP contribution in [0.25, 0.3) is 0 Å². The molecule has 0 spiro atoms. The molecule has 0 saturated carbocycles. The predicted octanol–water partition coefficient (Wildman–Crippen LogP) is 2.82. The lowest BCUT2D eigenvalue weighted by molar-refractivity contribution is 0.219. The molecule has 0 aliphatic carbocycles. The molecule has 0 aromatic heterocycles. The summed E-state index contributed by atoms with van der Waals surface area (Å²) in [5.41, 5.74) is 0.545. The molecular weight excluding hydrogens is 298 g/mol. The lowest BCUT2D eigenvalue weighted by atomic mass is 10.2. The lowest BCUT2D eigenvalue weighted by Gasteiger charge is -2.29. The number of aliphatic hydroxyl groups excluding tert-OH is 1. The summed E-state index contributed by atoms with van der Waals surface area (Å²) < 4.78 is 27.0. The van der Waals surface area contributed by atoms with Crippen molar-refractivity contribution in [3.05, 3.63) is 28.8 Å². The zero-order chi connectivity index (χ0) is 15.3. The van der Waals surface area contributed by atoms with Crippen molar-refractivity contribution in [2.24, 2.45) is 0 Å². The van der Waals surface area contributed by atoms with E-state index >= 15 is 0 Å². The Hall–Kier alpha value is -0.620. The van der Waals surface area contributed by atoms with Crippen molar-refractivity contribution in [3.63, 3.8) is 0 Å². The van der Waals surface area contributed by atoms with E-state index in [1.54, 1.807) is 25.1 Å². The Bertz CT molecular complexity index is 541. The minimum Gasteiger partial charge on any atom is -0.395 e. The third kappa shape index (κ3) is 3.52. The molecule has 0 fully saturated rings. The van der Waals surface area contributed by atoms with Crippen LogP contribution in [0, 0.1) is 6.92 Å². The molecule has 0 amide bonds. The van der Waals surface area contributed by atoms with Gasteiger partial charge in [0.05, 0.1) is 11.5 Å². The Kier molecular flexibility index (Phi) is 6.45. The molecule has 0 heterocycles. The number of sulfonamides is 1. The van der Waals surface area contributed by atoms with E-state index in [-0.39, 0.29) is 24.1 Å². The Balaban J connectivity index is 3.33. The molecule has 4 nitrogen and oxygen atoms in total. The van der Waals surface area contributed by atoms with Gasteiger partial charge in [-0.3, -0.25) is 0 Å². The van der Waals surface area contributed by atoms with Crippen molar-refractivity contribution in [3.8, 4) is 0 Å². The van der Waals surface area contributed by atoms with Gasteiger partial charge in [0.25, 0.3) is 0 Å². The van der Waals surface area contributed by atoms with Crippen LogP contribution in [-0.2, 0) is 10.0 Å². The highest BCUT2D eigenvalue weighted by Crippen LogP contribution is 2.27. The quantitative estimate of drug-likeness (QED) is 0.840. The molecule has 1 N–H and O–H groups in total. The minimum absolute atomic E-state index is 0.0979. The Labute approximate surface area is 126 Å². The smallest absolute Gasteiger partial charge is 0.243 e. The predicted molar refractivity (Wildman–Crippen MR) is 81.5 cm³/mol. The molecule has 0 aliphatic rings. The zero-order valence-electron chi connectivity index (χ0n) is 12.1. The van der Waals surface area contributed by atoms with Crippen LogP contribution >= 0.6 is 11.6 Å². The normalized spacial score (nSPS) is 12.3. The Morgan fingerprint density at radius 3 is 2.40 bits per heavy atom. The molecule has 0 bridgehead atoms. The summed E-state index contributed by atoms with van der Waals surface area (Å²) in [5, 5.41) is 9.61. The lowest BCUT2D eigenvalue weighted by Crippen LogP contribution is -2.41. The summed E-state index contributed by atoms with van der Waals surface area (Å²) in [6.07, 6.45) is 1.41. The monoisotopic (exact) mass is 319 g/mol. The first-order valence-corrected chi connectivity index (χ1v) is 8.59. The molecule has 114 valence electrons.